The van der Waals surface area contributed by atoms with Crippen LogP contribution in [0.3, 0.4) is 0 Å². The van der Waals surface area contributed by atoms with Crippen molar-refractivity contribution in [3.05, 3.63) is 17.7 Å². The minimum Gasteiger partial charge on any atom is -0.397 e. The lowest BCUT2D eigenvalue weighted by atomic mass is 10.2. The molecule has 58 valence electrons. The number of aromatic nitrogens is 2. The van der Waals surface area contributed by atoms with Gasteiger partial charge in [-0.25, -0.2) is 4.63 Å². The highest BCUT2D eigenvalue weighted by Crippen LogP contribution is 2.19. The molecule has 0 saturated heterocycles. The molecule has 5 heteroatoms. The van der Waals surface area contributed by atoms with Crippen molar-refractivity contribution in [1.29, 1.82) is 5.26 Å². The second kappa shape index (κ2) is 2.20. The molecule has 0 aliphatic carbocycles. The predicted molar refractivity (Wildman–Crippen MR) is 40.9 cm³/mol. The van der Waals surface area contributed by atoms with Crippen molar-refractivity contribution in [1.82, 2.24) is 10.3 Å². The van der Waals surface area contributed by atoms with Crippen molar-refractivity contribution in [2.75, 3.05) is 5.73 Å². The van der Waals surface area contributed by atoms with Gasteiger partial charge in [-0.1, -0.05) is 0 Å². The summed E-state index contributed by atoms with van der Waals surface area (Å²) < 4.78 is 4.46. The number of fused-ring (bicyclic) bond motifs is 1. The number of benzene rings is 1. The average Bonchev–Trinajstić information content (AvgIpc) is 2.54. The summed E-state index contributed by atoms with van der Waals surface area (Å²) in [5, 5.41) is 15.8. The Morgan fingerprint density at radius 2 is 2.08 bits per heavy atom. The minimum absolute atomic E-state index is 0.414. The molecule has 0 radical (unpaired) electrons. The molecule has 0 fully saturated rings. The zero-order valence-electron chi connectivity index (χ0n) is 5.98. The number of nitrogens with two attached hydrogens (primary N) is 1. The third kappa shape index (κ3) is 0.720. The molecule has 0 bridgehead atoms. The Morgan fingerprint density at radius 3 is 2.83 bits per heavy atom. The van der Waals surface area contributed by atoms with Gasteiger partial charge in [0.05, 0.1) is 11.3 Å². The fraction of sp³-hybridized carbons (Fsp3) is 0. The second-order valence-corrected chi connectivity index (χ2v) is 2.28. The molecule has 1 heterocycles. The van der Waals surface area contributed by atoms with Crippen LogP contribution in [0.4, 0.5) is 5.69 Å². The summed E-state index contributed by atoms with van der Waals surface area (Å²) >= 11 is 0. The molecule has 0 saturated carbocycles. The molecule has 12 heavy (non-hydrogen) atoms. The highest BCUT2D eigenvalue weighted by atomic mass is 16.6. The third-order valence-corrected chi connectivity index (χ3v) is 1.57. The van der Waals surface area contributed by atoms with Crippen LogP contribution >= 0.6 is 0 Å². The molecule has 5 nitrogen and oxygen atoms in total. The van der Waals surface area contributed by atoms with Crippen LogP contribution in [-0.4, -0.2) is 10.3 Å². The molecule has 0 atom stereocenters. The maximum Gasteiger partial charge on any atom is 0.159 e. The number of nitrogen functional groups attached to an aromatic ring is 1. The van der Waals surface area contributed by atoms with E-state index >= 15 is 0 Å². The lowest BCUT2D eigenvalue weighted by molar-refractivity contribution is 0.315. The Labute approximate surface area is 67.3 Å². The van der Waals surface area contributed by atoms with Gasteiger partial charge in [-0.2, -0.15) is 5.26 Å². The predicted octanol–water partition coefficient (Wildman–Crippen LogP) is 0.677. The molecular weight excluding hydrogens is 156 g/mol. The highest BCUT2D eigenvalue weighted by molar-refractivity contribution is 5.89. The first kappa shape index (κ1) is 6.61. The first-order valence-electron chi connectivity index (χ1n) is 3.24. The zero-order chi connectivity index (χ0) is 8.55. The Bertz CT molecular complexity index is 468. The molecule has 0 spiro atoms. The van der Waals surface area contributed by atoms with E-state index in [-0.39, 0.29) is 0 Å². The van der Waals surface area contributed by atoms with Crippen LogP contribution in [0.2, 0.25) is 0 Å². The monoisotopic (exact) mass is 160 g/mol. The molecule has 2 N–H and O–H groups in total. The second-order valence-electron chi connectivity index (χ2n) is 2.28. The van der Waals surface area contributed by atoms with Gasteiger partial charge in [0.1, 0.15) is 6.07 Å². The number of anilines is 1. The van der Waals surface area contributed by atoms with Crippen molar-refractivity contribution in [2.24, 2.45) is 0 Å². The van der Waals surface area contributed by atoms with Gasteiger partial charge in [-0.15, -0.1) is 0 Å². The molecule has 2 rings (SSSR count). The van der Waals surface area contributed by atoms with E-state index in [1.54, 1.807) is 12.1 Å². The number of nitriles is 1. The van der Waals surface area contributed by atoms with Crippen LogP contribution in [0, 0.1) is 11.3 Å². The van der Waals surface area contributed by atoms with Crippen LogP contribution in [0.5, 0.6) is 0 Å². The summed E-state index contributed by atoms with van der Waals surface area (Å²) in [6.07, 6.45) is 0. The van der Waals surface area contributed by atoms with Crippen LogP contribution in [0.25, 0.3) is 11.0 Å². The van der Waals surface area contributed by atoms with Crippen LogP contribution in [-0.2, 0) is 0 Å². The van der Waals surface area contributed by atoms with Crippen LogP contribution < -0.4 is 5.73 Å². The number of rotatable bonds is 0. The van der Waals surface area contributed by atoms with Gasteiger partial charge in [0, 0.05) is 0 Å². The molecule has 2 aromatic rings. The largest absolute Gasteiger partial charge is 0.397 e. The molecular formula is C7H4N4O. The fourth-order valence-corrected chi connectivity index (χ4v) is 0.976. The Hall–Kier alpha value is -2.09. The summed E-state index contributed by atoms with van der Waals surface area (Å²) in [6.45, 7) is 0. The van der Waals surface area contributed by atoms with Gasteiger partial charge in [-0.3, -0.25) is 0 Å². The van der Waals surface area contributed by atoms with E-state index in [2.05, 4.69) is 14.9 Å². The van der Waals surface area contributed by atoms with E-state index in [4.69, 9.17) is 11.0 Å². The summed E-state index contributed by atoms with van der Waals surface area (Å²) in [4.78, 5) is 0. The lowest BCUT2D eigenvalue weighted by Gasteiger charge is -1.91. The van der Waals surface area contributed by atoms with Crippen molar-refractivity contribution in [2.45, 2.75) is 0 Å². The van der Waals surface area contributed by atoms with E-state index < -0.39 is 0 Å². The van der Waals surface area contributed by atoms with Gasteiger partial charge >= 0.3 is 0 Å². The fourth-order valence-electron chi connectivity index (χ4n) is 0.976. The van der Waals surface area contributed by atoms with Gasteiger partial charge in [0.15, 0.2) is 11.0 Å². The molecule has 0 aliphatic rings. The SMILES string of the molecule is N#Cc1ccc(N)c2nonc12. The topological polar surface area (TPSA) is 88.7 Å². The van der Waals surface area contributed by atoms with Gasteiger partial charge < -0.3 is 5.73 Å². The minimum atomic E-state index is 0.414. The van der Waals surface area contributed by atoms with E-state index in [0.29, 0.717) is 22.3 Å². The van der Waals surface area contributed by atoms with E-state index in [9.17, 15) is 0 Å². The number of hydrogen-bond acceptors (Lipinski definition) is 5. The molecule has 0 amide bonds. The maximum atomic E-state index is 8.64. The summed E-state index contributed by atoms with van der Waals surface area (Å²) in [5.74, 6) is 0. The van der Waals surface area contributed by atoms with Crippen molar-refractivity contribution in [3.8, 4) is 6.07 Å². The molecule has 0 unspecified atom stereocenters. The Morgan fingerprint density at radius 1 is 1.33 bits per heavy atom. The van der Waals surface area contributed by atoms with Crippen LogP contribution in [0.15, 0.2) is 16.8 Å². The first-order chi connectivity index (χ1) is 5.83. The zero-order valence-corrected chi connectivity index (χ0v) is 5.98. The van der Waals surface area contributed by atoms with E-state index in [0.717, 1.165) is 0 Å². The van der Waals surface area contributed by atoms with Crippen molar-refractivity contribution in [3.63, 3.8) is 0 Å². The van der Waals surface area contributed by atoms with Gasteiger partial charge in [0.25, 0.3) is 0 Å². The quantitative estimate of drug-likeness (QED) is 0.572. The highest BCUT2D eigenvalue weighted by Gasteiger charge is 2.08. The van der Waals surface area contributed by atoms with Crippen molar-refractivity contribution < 1.29 is 4.63 Å². The molecule has 1 aromatic carbocycles. The summed E-state index contributed by atoms with van der Waals surface area (Å²) in [6, 6.07) is 5.15. The lowest BCUT2D eigenvalue weighted by Crippen LogP contribution is -1.87. The standard InChI is InChI=1S/C7H4N4O/c8-3-4-1-2-5(9)7-6(4)10-12-11-7/h1-2H,9H2. The molecule has 1 aromatic heterocycles. The van der Waals surface area contributed by atoms with E-state index in [1.807, 2.05) is 6.07 Å². The normalized spacial score (nSPS) is 9.92. The third-order valence-electron chi connectivity index (χ3n) is 1.57. The first-order valence-corrected chi connectivity index (χ1v) is 3.24. The van der Waals surface area contributed by atoms with Crippen LogP contribution in [0.1, 0.15) is 5.56 Å². The Kier molecular flexibility index (Phi) is 1.21. The van der Waals surface area contributed by atoms with Gasteiger partial charge in [0.2, 0.25) is 0 Å². The average molecular weight is 160 g/mol. The maximum absolute atomic E-state index is 8.64. The van der Waals surface area contributed by atoms with E-state index in [1.165, 1.54) is 0 Å². The summed E-state index contributed by atoms with van der Waals surface area (Å²) in [5.41, 5.74) is 7.29. The van der Waals surface area contributed by atoms with Crippen molar-refractivity contribution >= 4 is 16.7 Å². The molecule has 0 aliphatic heterocycles. The summed E-state index contributed by atoms with van der Waals surface area (Å²) in [7, 11) is 0. The number of nitrogens with zero attached hydrogens (tertiary/aromatic N) is 3. The number of hydrogen-bond donors (Lipinski definition) is 1. The smallest absolute Gasteiger partial charge is 0.159 e. The van der Waals surface area contributed by atoms with Gasteiger partial charge in [-0.05, 0) is 22.4 Å². The Balaban J connectivity index is 2.94.